The quantitative estimate of drug-likeness (QED) is 0.373. The number of unbranched alkanes of at least 4 members (excludes halogenated alkanes) is 1. The minimum absolute atomic E-state index is 0.123. The molecular formula is C30H41BrN4O4. The van der Waals surface area contributed by atoms with Crippen LogP contribution in [0.4, 0.5) is 5.69 Å². The molecule has 39 heavy (non-hydrogen) atoms. The van der Waals surface area contributed by atoms with Crippen molar-refractivity contribution in [1.29, 1.82) is 0 Å². The van der Waals surface area contributed by atoms with Crippen LogP contribution < -0.4 is 10.6 Å². The topological polar surface area (TPSA) is 91.0 Å². The largest absolute Gasteiger partial charge is 0.359 e. The van der Waals surface area contributed by atoms with Gasteiger partial charge in [0.2, 0.25) is 17.7 Å². The van der Waals surface area contributed by atoms with Crippen LogP contribution in [0.3, 0.4) is 0 Å². The Morgan fingerprint density at radius 2 is 1.82 bits per heavy atom. The van der Waals surface area contributed by atoms with E-state index in [1.807, 2.05) is 36.4 Å². The van der Waals surface area contributed by atoms with Crippen LogP contribution in [0.5, 0.6) is 0 Å². The van der Waals surface area contributed by atoms with Crippen molar-refractivity contribution in [2.75, 3.05) is 32.0 Å². The number of benzene rings is 1. The molecule has 1 aromatic rings. The fourth-order valence-electron chi connectivity index (χ4n) is 6.84. The van der Waals surface area contributed by atoms with Gasteiger partial charge in [-0.2, -0.15) is 0 Å². The molecular weight excluding hydrogens is 560 g/mol. The number of hydrogen-bond acceptors (Lipinski definition) is 5. The Labute approximate surface area is 240 Å². The van der Waals surface area contributed by atoms with Crippen LogP contribution in [0.1, 0.15) is 58.3 Å². The molecule has 0 unspecified atom stereocenters. The Bertz CT molecular complexity index is 1090. The molecule has 2 saturated heterocycles. The van der Waals surface area contributed by atoms with E-state index in [9.17, 15) is 14.4 Å². The summed E-state index contributed by atoms with van der Waals surface area (Å²) in [6, 6.07) is 6.71. The number of fused-ring (bicyclic) bond motifs is 1. The van der Waals surface area contributed by atoms with Gasteiger partial charge in [-0.1, -0.05) is 60.7 Å². The Hall–Kier alpha value is -2.23. The second-order valence-corrected chi connectivity index (χ2v) is 12.5. The van der Waals surface area contributed by atoms with Crippen LogP contribution in [-0.4, -0.2) is 78.0 Å². The summed E-state index contributed by atoms with van der Waals surface area (Å²) < 4.78 is 7.38. The number of anilines is 1. The highest BCUT2D eigenvalue weighted by molar-refractivity contribution is 9.10. The third-order valence-electron chi connectivity index (χ3n) is 8.82. The summed E-state index contributed by atoms with van der Waals surface area (Å²) in [5.74, 6) is -1.97. The van der Waals surface area contributed by atoms with E-state index in [0.717, 1.165) is 62.5 Å². The molecule has 4 aliphatic rings. The van der Waals surface area contributed by atoms with Crippen molar-refractivity contribution >= 4 is 39.3 Å². The zero-order chi connectivity index (χ0) is 27.6. The summed E-state index contributed by atoms with van der Waals surface area (Å²) in [6.07, 6.45) is 11.6. The molecule has 3 fully saturated rings. The van der Waals surface area contributed by atoms with Crippen LogP contribution in [0, 0.1) is 11.8 Å². The van der Waals surface area contributed by atoms with E-state index >= 15 is 0 Å². The first-order chi connectivity index (χ1) is 18.8. The van der Waals surface area contributed by atoms with Gasteiger partial charge in [0.05, 0.1) is 17.9 Å². The van der Waals surface area contributed by atoms with Crippen LogP contribution in [-0.2, 0) is 19.1 Å². The maximum atomic E-state index is 14.1. The zero-order valence-corrected chi connectivity index (χ0v) is 24.6. The molecule has 0 radical (unpaired) electrons. The third-order valence-corrected chi connectivity index (χ3v) is 9.35. The molecule has 2 bridgehead atoms. The van der Waals surface area contributed by atoms with Gasteiger partial charge >= 0.3 is 0 Å². The Morgan fingerprint density at radius 3 is 2.54 bits per heavy atom. The second kappa shape index (κ2) is 12.1. The number of carbonyl (C=O) groups is 3. The lowest BCUT2D eigenvalue weighted by Crippen LogP contribution is -2.56. The van der Waals surface area contributed by atoms with E-state index in [1.54, 1.807) is 4.90 Å². The molecule has 3 amide bonds. The molecule has 3 aliphatic heterocycles. The lowest BCUT2D eigenvalue weighted by atomic mass is 9.74. The summed E-state index contributed by atoms with van der Waals surface area (Å²) in [5, 5.41) is 6.23. The van der Waals surface area contributed by atoms with Crippen LogP contribution in [0.15, 0.2) is 40.9 Å². The monoisotopic (exact) mass is 600 g/mol. The first-order valence-corrected chi connectivity index (χ1v) is 15.4. The van der Waals surface area contributed by atoms with Gasteiger partial charge in [-0.25, -0.2) is 0 Å². The molecule has 2 N–H and O–H groups in total. The van der Waals surface area contributed by atoms with Gasteiger partial charge in [0, 0.05) is 22.7 Å². The van der Waals surface area contributed by atoms with Gasteiger partial charge in [0.15, 0.2) is 0 Å². The van der Waals surface area contributed by atoms with Gasteiger partial charge in [-0.15, -0.1) is 0 Å². The highest BCUT2D eigenvalue weighted by Gasteiger charge is 2.72. The molecule has 1 saturated carbocycles. The zero-order valence-electron chi connectivity index (χ0n) is 23.0. The minimum Gasteiger partial charge on any atom is -0.359 e. The molecule has 5 atom stereocenters. The third kappa shape index (κ3) is 5.68. The lowest BCUT2D eigenvalue weighted by Gasteiger charge is -2.34. The number of rotatable bonds is 11. The first-order valence-electron chi connectivity index (χ1n) is 14.6. The van der Waals surface area contributed by atoms with E-state index in [0.29, 0.717) is 12.2 Å². The van der Waals surface area contributed by atoms with Crippen molar-refractivity contribution < 1.29 is 19.1 Å². The predicted octanol–water partition coefficient (Wildman–Crippen LogP) is 4.11. The van der Waals surface area contributed by atoms with E-state index in [-0.39, 0.29) is 23.8 Å². The average Bonchev–Trinajstić information content (AvgIpc) is 3.57. The highest BCUT2D eigenvalue weighted by atomic mass is 79.9. The summed E-state index contributed by atoms with van der Waals surface area (Å²) in [5.41, 5.74) is -0.455. The number of ether oxygens (including phenoxy) is 1. The number of hydrogen-bond donors (Lipinski definition) is 2. The number of halogens is 1. The predicted molar refractivity (Wildman–Crippen MR) is 154 cm³/mol. The van der Waals surface area contributed by atoms with Crippen LogP contribution >= 0.6 is 15.9 Å². The van der Waals surface area contributed by atoms with Gasteiger partial charge in [-0.05, 0) is 70.1 Å². The Balaban J connectivity index is 1.37. The molecule has 1 aliphatic carbocycles. The minimum atomic E-state index is -1.11. The molecule has 0 aromatic heterocycles. The van der Waals surface area contributed by atoms with Crippen LogP contribution in [0.2, 0.25) is 0 Å². The van der Waals surface area contributed by atoms with Crippen molar-refractivity contribution in [1.82, 2.24) is 15.1 Å². The SMILES string of the molecule is CCCCN(C)CCCN1C(=O)[C@H]2[C@@H](C(=O)Nc3ccc(Br)cc3)[C@H]3C=C[C@@]2(O3)[C@H]1C(=O)NC1CCCCC1. The number of nitrogens with zero attached hydrogens (tertiary/aromatic N) is 2. The Morgan fingerprint density at radius 1 is 1.10 bits per heavy atom. The van der Waals surface area contributed by atoms with E-state index in [1.165, 1.54) is 6.42 Å². The average molecular weight is 602 g/mol. The fourth-order valence-corrected chi connectivity index (χ4v) is 7.11. The fraction of sp³-hybridized carbons (Fsp3) is 0.633. The number of likely N-dealkylation sites (tertiary alicyclic amines) is 1. The molecule has 5 rings (SSSR count). The van der Waals surface area contributed by atoms with E-state index in [2.05, 4.69) is 45.4 Å². The smallest absolute Gasteiger partial charge is 0.246 e. The molecule has 8 nitrogen and oxygen atoms in total. The first kappa shape index (κ1) is 28.3. The molecule has 9 heteroatoms. The summed E-state index contributed by atoms with van der Waals surface area (Å²) in [7, 11) is 2.10. The van der Waals surface area contributed by atoms with Gasteiger partial charge in [-0.3, -0.25) is 14.4 Å². The number of nitrogens with one attached hydrogen (secondary N) is 2. The number of amides is 3. The lowest BCUT2D eigenvalue weighted by molar-refractivity contribution is -0.141. The van der Waals surface area contributed by atoms with Gasteiger partial charge < -0.3 is 25.2 Å². The van der Waals surface area contributed by atoms with Crippen molar-refractivity contribution in [3.63, 3.8) is 0 Å². The van der Waals surface area contributed by atoms with Crippen molar-refractivity contribution in [3.8, 4) is 0 Å². The van der Waals surface area contributed by atoms with Crippen molar-refractivity contribution in [2.45, 2.75) is 82.1 Å². The van der Waals surface area contributed by atoms with Gasteiger partial charge in [0.1, 0.15) is 11.6 Å². The van der Waals surface area contributed by atoms with Crippen molar-refractivity contribution in [2.24, 2.45) is 11.8 Å². The second-order valence-electron chi connectivity index (χ2n) is 11.6. The van der Waals surface area contributed by atoms with E-state index < -0.39 is 29.6 Å². The molecule has 1 aromatic carbocycles. The van der Waals surface area contributed by atoms with Crippen LogP contribution in [0.25, 0.3) is 0 Å². The highest BCUT2D eigenvalue weighted by Crippen LogP contribution is 2.55. The summed E-state index contributed by atoms with van der Waals surface area (Å²) in [6.45, 7) is 4.48. The molecule has 3 heterocycles. The van der Waals surface area contributed by atoms with Gasteiger partial charge in [0.25, 0.3) is 0 Å². The van der Waals surface area contributed by atoms with E-state index in [4.69, 9.17) is 4.74 Å². The summed E-state index contributed by atoms with van der Waals surface area (Å²) >= 11 is 3.42. The molecule has 212 valence electrons. The maximum absolute atomic E-state index is 14.1. The normalized spacial score (nSPS) is 29.7. The summed E-state index contributed by atoms with van der Waals surface area (Å²) in [4.78, 5) is 45.5. The maximum Gasteiger partial charge on any atom is 0.246 e. The van der Waals surface area contributed by atoms with Crippen molar-refractivity contribution in [3.05, 3.63) is 40.9 Å². The standard InChI is InChI=1S/C30H41BrN4O4/c1-3-4-17-34(2)18-8-19-35-26(28(37)33-21-9-6-5-7-10-21)30-16-15-23(39-30)24(25(30)29(35)38)27(36)32-22-13-11-20(31)12-14-22/h11-16,21,23-26H,3-10,17-19H2,1-2H3,(H,32,36)(H,33,37)/t23-,24+,25-,26-,30+/m1/s1. The number of carbonyl (C=O) groups excluding carboxylic acids is 3. The Kier molecular flexibility index (Phi) is 8.79. The molecule has 1 spiro atoms.